The number of hydrogen-bond acceptors (Lipinski definition) is 6. The van der Waals surface area contributed by atoms with Crippen LogP contribution in [-0.4, -0.2) is 68.5 Å². The average molecular weight is 811 g/mol. The fourth-order valence-electron chi connectivity index (χ4n) is 5.01. The van der Waals surface area contributed by atoms with Gasteiger partial charge in [-0.3, -0.25) is 9.36 Å². The van der Waals surface area contributed by atoms with E-state index in [4.69, 9.17) is 9.05 Å². The van der Waals surface area contributed by atoms with Gasteiger partial charge in [-0.2, -0.15) is 0 Å². The number of carbonyl (C=O) groups is 1. The summed E-state index contributed by atoms with van der Waals surface area (Å²) in [4.78, 5) is 25.0. The summed E-state index contributed by atoms with van der Waals surface area (Å²) in [6.07, 6.45) is 57.5. The Kier molecular flexibility index (Phi) is 36.3. The predicted molar refractivity (Wildman–Crippen MR) is 242 cm³/mol. The highest BCUT2D eigenvalue weighted by molar-refractivity contribution is 7.45. The van der Waals surface area contributed by atoms with E-state index in [0.717, 1.165) is 96.3 Å². The highest BCUT2D eigenvalue weighted by atomic mass is 31.2. The minimum atomic E-state index is -4.59. The number of carbonyl (C=O) groups excluding carboxylic acids is 1. The second-order valence-electron chi connectivity index (χ2n) is 15.0. The molecular formula is C48H79N2O6P. The van der Waals surface area contributed by atoms with Crippen LogP contribution in [0, 0.1) is 0 Å². The molecule has 0 fully saturated rings. The number of amides is 1. The molecule has 0 radical (unpaired) electrons. The highest BCUT2D eigenvalue weighted by Gasteiger charge is 2.23. The van der Waals surface area contributed by atoms with Crippen LogP contribution in [0.5, 0.6) is 0 Å². The number of phosphoric ester groups is 1. The smallest absolute Gasteiger partial charge is 0.268 e. The molecule has 2 N–H and O–H groups in total. The maximum atomic E-state index is 12.7. The summed E-state index contributed by atoms with van der Waals surface area (Å²) in [6.45, 7) is 4.29. The number of quaternary nitrogens is 1. The highest BCUT2D eigenvalue weighted by Crippen LogP contribution is 2.38. The molecule has 0 aromatic carbocycles. The van der Waals surface area contributed by atoms with Crippen LogP contribution < -0.4 is 10.2 Å². The molecule has 0 bridgehead atoms. The third-order valence-corrected chi connectivity index (χ3v) is 9.39. The van der Waals surface area contributed by atoms with Crippen LogP contribution in [0.1, 0.15) is 123 Å². The third-order valence-electron chi connectivity index (χ3n) is 8.43. The molecule has 0 spiro atoms. The molecule has 0 heterocycles. The summed E-state index contributed by atoms with van der Waals surface area (Å²) in [5, 5.41) is 13.4. The molecule has 1 amide bonds. The Balaban J connectivity index is 4.15. The molecule has 0 aliphatic heterocycles. The Morgan fingerprint density at radius 1 is 0.632 bits per heavy atom. The maximum absolute atomic E-state index is 12.7. The Labute approximate surface area is 348 Å². The van der Waals surface area contributed by atoms with Crippen molar-refractivity contribution in [3.8, 4) is 0 Å². The molecule has 0 aliphatic carbocycles. The van der Waals surface area contributed by atoms with E-state index in [2.05, 4.69) is 129 Å². The van der Waals surface area contributed by atoms with Crippen LogP contribution in [0.25, 0.3) is 0 Å². The van der Waals surface area contributed by atoms with Gasteiger partial charge in [0.15, 0.2) is 0 Å². The van der Waals surface area contributed by atoms with Crippen molar-refractivity contribution in [3.63, 3.8) is 0 Å². The molecule has 57 heavy (non-hydrogen) atoms. The van der Waals surface area contributed by atoms with E-state index in [9.17, 15) is 19.4 Å². The fraction of sp³-hybridized carbons (Fsp3) is 0.562. The van der Waals surface area contributed by atoms with Crippen molar-refractivity contribution < 1.29 is 32.9 Å². The molecule has 0 saturated heterocycles. The zero-order chi connectivity index (χ0) is 42.1. The minimum absolute atomic E-state index is 0.0168. The van der Waals surface area contributed by atoms with Gasteiger partial charge in [-0.05, 0) is 83.5 Å². The largest absolute Gasteiger partial charge is 0.756 e. The summed E-state index contributed by atoms with van der Waals surface area (Å²) in [5.74, 6) is -0.247. The van der Waals surface area contributed by atoms with E-state index < -0.39 is 26.6 Å². The SMILES string of the molecule is CC/C=C\C/C=C\C/C=C\C/C=C\C/C=C\C/C=C\C/C=C\C/C=C\C/C=C\CCCCCC(=O)NC(COP(=O)([O-])OCC[N+](C)(C)C)C(O)/C=C/CCCC. The second kappa shape index (κ2) is 38.4. The lowest BCUT2D eigenvalue weighted by molar-refractivity contribution is -0.870. The molecule has 0 aromatic heterocycles. The number of hydrogen-bond donors (Lipinski definition) is 2. The van der Waals surface area contributed by atoms with E-state index in [1.54, 1.807) is 6.08 Å². The summed E-state index contributed by atoms with van der Waals surface area (Å²) in [6, 6.07) is -0.909. The molecule has 3 unspecified atom stereocenters. The lowest BCUT2D eigenvalue weighted by atomic mass is 10.1. The van der Waals surface area contributed by atoms with E-state index in [-0.39, 0.29) is 18.9 Å². The molecule has 0 saturated carbocycles. The number of nitrogens with zero attached hydrogens (tertiary/aromatic N) is 1. The van der Waals surface area contributed by atoms with Crippen LogP contribution in [0.2, 0.25) is 0 Å². The van der Waals surface area contributed by atoms with Gasteiger partial charge in [0.05, 0.1) is 39.9 Å². The van der Waals surface area contributed by atoms with Gasteiger partial charge in [0, 0.05) is 6.42 Å². The summed E-state index contributed by atoms with van der Waals surface area (Å²) < 4.78 is 22.9. The van der Waals surface area contributed by atoms with Crippen molar-refractivity contribution in [2.45, 2.75) is 135 Å². The second-order valence-corrected chi connectivity index (χ2v) is 16.4. The number of rotatable bonds is 36. The van der Waals surface area contributed by atoms with Crippen molar-refractivity contribution in [1.82, 2.24) is 5.32 Å². The topological polar surface area (TPSA) is 108 Å². The number of phosphoric acid groups is 1. The molecule has 0 aliphatic rings. The average Bonchev–Trinajstić information content (AvgIpc) is 3.16. The van der Waals surface area contributed by atoms with Gasteiger partial charge < -0.3 is 28.8 Å². The van der Waals surface area contributed by atoms with Crippen molar-refractivity contribution in [1.29, 1.82) is 0 Å². The van der Waals surface area contributed by atoms with Gasteiger partial charge >= 0.3 is 0 Å². The summed E-state index contributed by atoms with van der Waals surface area (Å²) in [5.41, 5.74) is 0. The zero-order valence-electron chi connectivity index (χ0n) is 36.2. The maximum Gasteiger partial charge on any atom is 0.268 e. The van der Waals surface area contributed by atoms with Crippen molar-refractivity contribution in [2.75, 3.05) is 40.9 Å². The van der Waals surface area contributed by atoms with Gasteiger partial charge in [-0.25, -0.2) is 0 Å². The molecule has 9 heteroatoms. The monoisotopic (exact) mass is 811 g/mol. The molecule has 8 nitrogen and oxygen atoms in total. The van der Waals surface area contributed by atoms with Crippen LogP contribution in [-0.2, 0) is 18.4 Å². The van der Waals surface area contributed by atoms with Crippen LogP contribution in [0.15, 0.2) is 122 Å². The first-order valence-electron chi connectivity index (χ1n) is 21.4. The van der Waals surface area contributed by atoms with Crippen LogP contribution in [0.3, 0.4) is 0 Å². The lowest BCUT2D eigenvalue weighted by Crippen LogP contribution is -2.45. The van der Waals surface area contributed by atoms with Crippen LogP contribution >= 0.6 is 7.82 Å². The molecule has 0 rings (SSSR count). The standard InChI is InChI=1S/C48H79N2O6P/c1-6-8-10-12-13-14-15-16-17-18-19-20-21-22-23-24-25-26-27-28-29-30-31-32-33-34-35-36-37-38-40-42-48(52)49-46(47(51)41-39-11-9-7-2)45-56-57(53,54)55-44-43-50(3,4)5/h8,10,13-14,16-17,19-20,22-23,25-26,28-29,31-32,34-35,39,41,46-47,51H,6-7,9,11-12,15,18,21,24,27,30,33,36-38,40,42-45H2,1-5H3,(H-,49,52,53,54)/b10-8-,14-13-,17-16-,20-19-,23-22-,26-25-,29-28-,32-31-,35-34-,41-39+. The molecule has 0 aromatic rings. The van der Waals surface area contributed by atoms with Gasteiger partial charge in [0.2, 0.25) is 5.91 Å². The minimum Gasteiger partial charge on any atom is -0.756 e. The van der Waals surface area contributed by atoms with Gasteiger partial charge in [0.25, 0.3) is 7.82 Å². The first kappa shape index (κ1) is 53.9. The van der Waals surface area contributed by atoms with Gasteiger partial charge in [-0.1, -0.05) is 155 Å². The predicted octanol–water partition coefficient (Wildman–Crippen LogP) is 11.3. The summed E-state index contributed by atoms with van der Waals surface area (Å²) >= 11 is 0. The van der Waals surface area contributed by atoms with Crippen molar-refractivity contribution >= 4 is 13.7 Å². The number of unbranched alkanes of at least 4 members (excludes halogenated alkanes) is 5. The Morgan fingerprint density at radius 3 is 1.51 bits per heavy atom. The normalized spacial score (nSPS) is 15.6. The number of likely N-dealkylation sites (N-methyl/N-ethyl adjacent to an activating group) is 1. The number of allylic oxidation sites excluding steroid dienone is 19. The van der Waals surface area contributed by atoms with Crippen molar-refractivity contribution in [3.05, 3.63) is 122 Å². The quantitative estimate of drug-likeness (QED) is 0.0282. The molecule has 322 valence electrons. The van der Waals surface area contributed by atoms with E-state index in [1.807, 2.05) is 27.2 Å². The van der Waals surface area contributed by atoms with E-state index in [1.165, 1.54) is 0 Å². The third kappa shape index (κ3) is 40.9. The van der Waals surface area contributed by atoms with Crippen LogP contribution in [0.4, 0.5) is 0 Å². The molecule has 3 atom stereocenters. The number of nitrogens with one attached hydrogen (secondary N) is 1. The van der Waals surface area contributed by atoms with E-state index >= 15 is 0 Å². The van der Waals surface area contributed by atoms with E-state index in [0.29, 0.717) is 17.4 Å². The molecular weight excluding hydrogens is 732 g/mol. The van der Waals surface area contributed by atoms with Gasteiger partial charge in [0.1, 0.15) is 13.2 Å². The Bertz CT molecular complexity index is 1330. The van der Waals surface area contributed by atoms with Crippen molar-refractivity contribution in [2.24, 2.45) is 0 Å². The summed E-state index contributed by atoms with van der Waals surface area (Å²) in [7, 11) is 1.20. The lowest BCUT2D eigenvalue weighted by Gasteiger charge is -2.29. The van der Waals surface area contributed by atoms with Gasteiger partial charge in [-0.15, -0.1) is 0 Å². The first-order valence-corrected chi connectivity index (χ1v) is 22.9. The number of aliphatic hydroxyl groups is 1. The fourth-order valence-corrected chi connectivity index (χ4v) is 5.73. The Hall–Kier alpha value is -3.10. The number of aliphatic hydroxyl groups excluding tert-OH is 1. The first-order chi connectivity index (χ1) is 27.5. The Morgan fingerprint density at radius 2 is 1.07 bits per heavy atom. The zero-order valence-corrected chi connectivity index (χ0v) is 37.1.